The summed E-state index contributed by atoms with van der Waals surface area (Å²) in [6, 6.07) is 1.02. The molecule has 2 heterocycles. The van der Waals surface area contributed by atoms with E-state index in [-0.39, 0.29) is 0 Å². The van der Waals surface area contributed by atoms with Gasteiger partial charge in [-0.2, -0.15) is 4.98 Å². The lowest BCUT2D eigenvalue weighted by molar-refractivity contribution is 0.0931. The molecule has 0 spiro atoms. The van der Waals surface area contributed by atoms with E-state index in [4.69, 9.17) is 9.47 Å². The van der Waals surface area contributed by atoms with E-state index in [0.717, 1.165) is 32.1 Å². The van der Waals surface area contributed by atoms with Crippen molar-refractivity contribution in [2.24, 2.45) is 0 Å². The zero-order valence-corrected chi connectivity index (χ0v) is 11.2. The highest BCUT2D eigenvalue weighted by Crippen LogP contribution is 2.21. The van der Waals surface area contributed by atoms with Gasteiger partial charge in [0.15, 0.2) is 5.82 Å². The Labute approximate surface area is 113 Å². The Balaban J connectivity index is 1.70. The van der Waals surface area contributed by atoms with Crippen LogP contribution < -0.4 is 15.0 Å². The Morgan fingerprint density at radius 3 is 3.16 bits per heavy atom. The summed E-state index contributed by atoms with van der Waals surface area (Å²) in [5.74, 6) is 1.42. The van der Waals surface area contributed by atoms with Gasteiger partial charge in [-0.05, 0) is 12.8 Å². The predicted octanol–water partition coefficient (Wildman–Crippen LogP) is 0.442. The molecule has 1 aromatic heterocycles. The second-order valence-corrected chi connectivity index (χ2v) is 5.02. The van der Waals surface area contributed by atoms with Gasteiger partial charge in [-0.3, -0.25) is 4.98 Å². The maximum absolute atomic E-state index is 5.58. The SMILES string of the molecule is COc1cncc(N2CCOCC2CNC2CC2)n1. The van der Waals surface area contributed by atoms with Crippen LogP contribution in [0.4, 0.5) is 5.82 Å². The highest BCUT2D eigenvalue weighted by molar-refractivity contribution is 5.39. The molecule has 1 saturated carbocycles. The summed E-state index contributed by atoms with van der Waals surface area (Å²) >= 11 is 0. The zero-order chi connectivity index (χ0) is 13.1. The molecule has 1 aliphatic carbocycles. The lowest BCUT2D eigenvalue weighted by Crippen LogP contribution is -2.51. The summed E-state index contributed by atoms with van der Waals surface area (Å²) in [6.45, 7) is 3.25. The molecule has 1 aliphatic heterocycles. The van der Waals surface area contributed by atoms with Crippen LogP contribution in [0.5, 0.6) is 5.88 Å². The van der Waals surface area contributed by atoms with Gasteiger partial charge in [-0.1, -0.05) is 0 Å². The van der Waals surface area contributed by atoms with E-state index in [0.29, 0.717) is 18.0 Å². The number of ether oxygens (including phenoxy) is 2. The monoisotopic (exact) mass is 264 g/mol. The first-order valence-electron chi connectivity index (χ1n) is 6.80. The first kappa shape index (κ1) is 12.6. The van der Waals surface area contributed by atoms with Crippen LogP contribution in [-0.2, 0) is 4.74 Å². The number of hydrogen-bond donors (Lipinski definition) is 1. The summed E-state index contributed by atoms with van der Waals surface area (Å²) in [6.07, 6.45) is 6.01. The summed E-state index contributed by atoms with van der Waals surface area (Å²) in [5.41, 5.74) is 0. The lowest BCUT2D eigenvalue weighted by Gasteiger charge is -2.36. The van der Waals surface area contributed by atoms with Crippen molar-refractivity contribution in [1.29, 1.82) is 0 Å². The fraction of sp³-hybridized carbons (Fsp3) is 0.692. The molecular formula is C13H20N4O2. The molecule has 6 nitrogen and oxygen atoms in total. The van der Waals surface area contributed by atoms with Crippen LogP contribution in [0.15, 0.2) is 12.4 Å². The molecule has 2 fully saturated rings. The number of anilines is 1. The van der Waals surface area contributed by atoms with Gasteiger partial charge in [-0.15, -0.1) is 0 Å². The molecule has 1 unspecified atom stereocenters. The molecule has 0 radical (unpaired) electrons. The predicted molar refractivity (Wildman–Crippen MR) is 71.6 cm³/mol. The van der Waals surface area contributed by atoms with Gasteiger partial charge in [-0.25, -0.2) is 0 Å². The molecule has 0 aromatic carbocycles. The first-order chi connectivity index (χ1) is 9.36. The van der Waals surface area contributed by atoms with E-state index < -0.39 is 0 Å². The molecule has 1 aromatic rings. The maximum Gasteiger partial charge on any atom is 0.233 e. The molecule has 3 rings (SSSR count). The van der Waals surface area contributed by atoms with Crippen molar-refractivity contribution in [3.63, 3.8) is 0 Å². The largest absolute Gasteiger partial charge is 0.480 e. The highest BCUT2D eigenvalue weighted by atomic mass is 16.5. The number of nitrogens with zero attached hydrogens (tertiary/aromatic N) is 3. The first-order valence-corrected chi connectivity index (χ1v) is 6.80. The minimum absolute atomic E-state index is 0.316. The summed E-state index contributed by atoms with van der Waals surface area (Å²) < 4.78 is 10.7. The van der Waals surface area contributed by atoms with Crippen molar-refractivity contribution in [3.05, 3.63) is 12.4 Å². The van der Waals surface area contributed by atoms with Crippen molar-refractivity contribution in [3.8, 4) is 5.88 Å². The topological polar surface area (TPSA) is 59.5 Å². The Morgan fingerprint density at radius 1 is 1.47 bits per heavy atom. The van der Waals surface area contributed by atoms with E-state index in [2.05, 4.69) is 20.2 Å². The minimum atomic E-state index is 0.316. The molecule has 1 atom stereocenters. The second kappa shape index (κ2) is 5.71. The molecular weight excluding hydrogens is 244 g/mol. The van der Waals surface area contributed by atoms with Crippen LogP contribution in [0.1, 0.15) is 12.8 Å². The average Bonchev–Trinajstić information content (AvgIpc) is 3.30. The van der Waals surface area contributed by atoms with Gasteiger partial charge in [0.2, 0.25) is 5.88 Å². The molecule has 6 heteroatoms. The van der Waals surface area contributed by atoms with Crippen molar-refractivity contribution >= 4 is 5.82 Å². The molecule has 1 saturated heterocycles. The van der Waals surface area contributed by atoms with E-state index >= 15 is 0 Å². The van der Waals surface area contributed by atoms with Crippen molar-refractivity contribution < 1.29 is 9.47 Å². The lowest BCUT2D eigenvalue weighted by atomic mass is 10.2. The van der Waals surface area contributed by atoms with Gasteiger partial charge in [0.25, 0.3) is 0 Å². The van der Waals surface area contributed by atoms with Crippen molar-refractivity contribution in [2.75, 3.05) is 38.3 Å². The van der Waals surface area contributed by atoms with E-state index in [1.807, 2.05) is 0 Å². The van der Waals surface area contributed by atoms with Gasteiger partial charge in [0.1, 0.15) is 0 Å². The van der Waals surface area contributed by atoms with Crippen LogP contribution in [0, 0.1) is 0 Å². The Hall–Kier alpha value is -1.40. The fourth-order valence-corrected chi connectivity index (χ4v) is 2.29. The van der Waals surface area contributed by atoms with Gasteiger partial charge >= 0.3 is 0 Å². The standard InChI is InChI=1S/C13H20N4O2/c1-18-13-8-14-7-12(16-13)17-4-5-19-9-11(17)6-15-10-2-3-10/h7-8,10-11,15H,2-6,9H2,1H3. The van der Waals surface area contributed by atoms with Crippen molar-refractivity contribution in [2.45, 2.75) is 24.9 Å². The molecule has 0 bridgehead atoms. The number of morpholine rings is 1. The van der Waals surface area contributed by atoms with Crippen LogP contribution in [0.2, 0.25) is 0 Å². The molecule has 1 N–H and O–H groups in total. The quantitative estimate of drug-likeness (QED) is 0.833. The average molecular weight is 264 g/mol. The third-order valence-electron chi connectivity index (χ3n) is 3.55. The molecule has 104 valence electrons. The van der Waals surface area contributed by atoms with E-state index in [1.165, 1.54) is 12.8 Å². The smallest absolute Gasteiger partial charge is 0.233 e. The molecule has 2 aliphatic rings. The summed E-state index contributed by atoms with van der Waals surface area (Å²) in [7, 11) is 1.61. The van der Waals surface area contributed by atoms with E-state index in [9.17, 15) is 0 Å². The molecule has 0 amide bonds. The Morgan fingerprint density at radius 2 is 2.37 bits per heavy atom. The van der Waals surface area contributed by atoms with Gasteiger partial charge in [0.05, 0.1) is 38.8 Å². The third-order valence-corrected chi connectivity index (χ3v) is 3.55. The summed E-state index contributed by atoms with van der Waals surface area (Å²) in [4.78, 5) is 10.9. The van der Waals surface area contributed by atoms with Gasteiger partial charge in [0, 0.05) is 19.1 Å². The number of rotatable bonds is 5. The highest BCUT2D eigenvalue weighted by Gasteiger charge is 2.27. The van der Waals surface area contributed by atoms with Gasteiger partial charge < -0.3 is 19.7 Å². The normalized spacial score (nSPS) is 23.4. The minimum Gasteiger partial charge on any atom is -0.480 e. The fourth-order valence-electron chi connectivity index (χ4n) is 2.29. The number of methoxy groups -OCH3 is 1. The van der Waals surface area contributed by atoms with Crippen LogP contribution in [-0.4, -0.2) is 55.5 Å². The number of nitrogens with one attached hydrogen (secondary N) is 1. The van der Waals surface area contributed by atoms with Crippen LogP contribution >= 0.6 is 0 Å². The van der Waals surface area contributed by atoms with E-state index in [1.54, 1.807) is 19.5 Å². The second-order valence-electron chi connectivity index (χ2n) is 5.02. The Kier molecular flexibility index (Phi) is 3.79. The summed E-state index contributed by atoms with van der Waals surface area (Å²) in [5, 5.41) is 3.55. The number of aromatic nitrogens is 2. The third kappa shape index (κ3) is 3.13. The Bertz CT molecular complexity index is 425. The zero-order valence-electron chi connectivity index (χ0n) is 11.2. The number of hydrogen-bond acceptors (Lipinski definition) is 6. The maximum atomic E-state index is 5.58. The van der Waals surface area contributed by atoms with Crippen LogP contribution in [0.25, 0.3) is 0 Å². The molecule has 19 heavy (non-hydrogen) atoms. The van der Waals surface area contributed by atoms with Crippen LogP contribution in [0.3, 0.4) is 0 Å². The van der Waals surface area contributed by atoms with Crippen molar-refractivity contribution in [1.82, 2.24) is 15.3 Å².